The molecule has 0 bridgehead atoms. The van der Waals surface area contributed by atoms with Gasteiger partial charge in [-0.1, -0.05) is 54.9 Å². The van der Waals surface area contributed by atoms with Gasteiger partial charge in [-0.3, -0.25) is 10.1 Å². The van der Waals surface area contributed by atoms with Crippen LogP contribution in [0.25, 0.3) is 0 Å². The molecule has 0 saturated heterocycles. The Balaban J connectivity index is 2.01. The molecule has 142 valence electrons. The van der Waals surface area contributed by atoms with Gasteiger partial charge < -0.3 is 5.11 Å². The van der Waals surface area contributed by atoms with Crippen molar-refractivity contribution in [3.8, 4) is 5.75 Å². The Hall–Kier alpha value is -3.25. The molecule has 3 aromatic carbocycles. The molecule has 0 spiro atoms. The molecule has 0 saturated carbocycles. The number of azo groups is 1. The predicted octanol–water partition coefficient (Wildman–Crippen LogP) is 6.83. The van der Waals surface area contributed by atoms with Crippen LogP contribution in [0, 0.1) is 17.0 Å². The number of phenols is 1. The van der Waals surface area contributed by atoms with Crippen molar-refractivity contribution < 1.29 is 10.0 Å². The average Bonchev–Trinajstić information content (AvgIpc) is 2.69. The van der Waals surface area contributed by atoms with Gasteiger partial charge in [-0.2, -0.15) is 0 Å². The van der Waals surface area contributed by atoms with Crippen LogP contribution in [0.15, 0.2) is 70.9 Å². The highest BCUT2D eigenvalue weighted by Crippen LogP contribution is 2.40. The molecular formula is C21H18ClN3O3. The minimum Gasteiger partial charge on any atom is -0.505 e. The van der Waals surface area contributed by atoms with E-state index in [2.05, 4.69) is 10.2 Å². The van der Waals surface area contributed by atoms with Crippen LogP contribution in [0.2, 0.25) is 5.02 Å². The number of nitro benzene ring substituents is 1. The molecule has 3 rings (SSSR count). The molecule has 0 aliphatic rings. The first-order chi connectivity index (χ1) is 13.4. The maximum atomic E-state index is 11.2. The molecule has 0 radical (unpaired) electrons. The molecule has 0 fully saturated rings. The molecule has 3 aromatic rings. The lowest BCUT2D eigenvalue weighted by atomic mass is 9.91. The Morgan fingerprint density at radius 1 is 1.04 bits per heavy atom. The van der Waals surface area contributed by atoms with E-state index in [1.807, 2.05) is 50.2 Å². The number of nitro groups is 1. The van der Waals surface area contributed by atoms with Gasteiger partial charge in [0.25, 0.3) is 5.69 Å². The molecule has 0 aliphatic carbocycles. The van der Waals surface area contributed by atoms with Crippen molar-refractivity contribution in [2.75, 3.05) is 0 Å². The van der Waals surface area contributed by atoms with Crippen molar-refractivity contribution >= 4 is 28.7 Å². The second-order valence-electron chi connectivity index (χ2n) is 6.44. The maximum absolute atomic E-state index is 11.2. The van der Waals surface area contributed by atoms with E-state index in [1.54, 1.807) is 6.07 Å². The van der Waals surface area contributed by atoms with Crippen LogP contribution >= 0.6 is 11.6 Å². The van der Waals surface area contributed by atoms with Crippen molar-refractivity contribution in [3.63, 3.8) is 0 Å². The first kappa shape index (κ1) is 19.5. The number of halogens is 1. The smallest absolute Gasteiger partial charge is 0.298 e. The molecule has 0 aromatic heterocycles. The molecule has 1 atom stereocenters. The third-order valence-corrected chi connectivity index (χ3v) is 4.66. The monoisotopic (exact) mass is 395 g/mol. The zero-order valence-corrected chi connectivity index (χ0v) is 16.1. The van der Waals surface area contributed by atoms with E-state index in [1.165, 1.54) is 18.2 Å². The number of aromatic hydroxyl groups is 1. The fourth-order valence-electron chi connectivity index (χ4n) is 2.95. The quantitative estimate of drug-likeness (QED) is 0.291. The van der Waals surface area contributed by atoms with Gasteiger partial charge in [-0.25, -0.2) is 0 Å². The fraction of sp³-hybridized carbons (Fsp3) is 0.143. The fourth-order valence-corrected chi connectivity index (χ4v) is 3.12. The largest absolute Gasteiger partial charge is 0.505 e. The number of aryl methyl sites for hydroxylation is 1. The van der Waals surface area contributed by atoms with E-state index in [9.17, 15) is 15.2 Å². The number of nitrogens with zero attached hydrogens (tertiary/aromatic N) is 3. The van der Waals surface area contributed by atoms with Gasteiger partial charge in [0.05, 0.1) is 4.92 Å². The molecule has 0 amide bonds. The van der Waals surface area contributed by atoms with E-state index in [4.69, 9.17) is 11.6 Å². The summed E-state index contributed by atoms with van der Waals surface area (Å²) in [5.41, 5.74) is 2.73. The van der Waals surface area contributed by atoms with Gasteiger partial charge in [-0.15, -0.1) is 10.2 Å². The molecule has 1 unspecified atom stereocenters. The van der Waals surface area contributed by atoms with Crippen LogP contribution in [-0.4, -0.2) is 10.0 Å². The van der Waals surface area contributed by atoms with E-state index in [-0.39, 0.29) is 33.8 Å². The molecule has 0 heterocycles. The number of phenolic OH excluding ortho intramolecular Hbond substituents is 1. The minimum absolute atomic E-state index is 0.00215. The van der Waals surface area contributed by atoms with E-state index in [0.29, 0.717) is 5.56 Å². The first-order valence-corrected chi connectivity index (χ1v) is 8.98. The Morgan fingerprint density at radius 2 is 1.71 bits per heavy atom. The summed E-state index contributed by atoms with van der Waals surface area (Å²) in [7, 11) is 0. The van der Waals surface area contributed by atoms with Crippen LogP contribution in [0.3, 0.4) is 0 Å². The van der Waals surface area contributed by atoms with Crippen LogP contribution in [0.1, 0.15) is 29.5 Å². The van der Waals surface area contributed by atoms with E-state index < -0.39 is 4.92 Å². The summed E-state index contributed by atoms with van der Waals surface area (Å²) < 4.78 is 0. The van der Waals surface area contributed by atoms with Crippen LogP contribution in [-0.2, 0) is 0 Å². The molecule has 1 N–H and O–H groups in total. The van der Waals surface area contributed by atoms with Gasteiger partial charge in [-0.05, 0) is 36.2 Å². The number of rotatable bonds is 5. The van der Waals surface area contributed by atoms with Gasteiger partial charge in [0.1, 0.15) is 11.4 Å². The van der Waals surface area contributed by atoms with Crippen LogP contribution < -0.4 is 0 Å². The first-order valence-electron chi connectivity index (χ1n) is 8.61. The zero-order valence-electron chi connectivity index (χ0n) is 15.3. The topological polar surface area (TPSA) is 88.1 Å². The standard InChI is InChI=1S/C21H18ClN3O3/c1-13-10-17(14(2)15-6-4-3-5-7-15)21(26)19(11-13)24-23-18-9-8-16(22)12-20(18)25(27)28/h3-12,14,26H,1-2H3/b24-23+. The van der Waals surface area contributed by atoms with Gasteiger partial charge in [0, 0.05) is 22.6 Å². The van der Waals surface area contributed by atoms with Crippen molar-refractivity contribution in [2.45, 2.75) is 19.8 Å². The Bertz CT molecular complexity index is 1050. The highest BCUT2D eigenvalue weighted by atomic mass is 35.5. The SMILES string of the molecule is Cc1cc(/N=N/c2ccc(Cl)cc2[N+](=O)[O-])c(O)c(C(C)c2ccccc2)c1. The van der Waals surface area contributed by atoms with E-state index >= 15 is 0 Å². The second-order valence-corrected chi connectivity index (χ2v) is 6.88. The Labute approximate surface area is 167 Å². The van der Waals surface area contributed by atoms with Gasteiger partial charge in [0.15, 0.2) is 5.69 Å². The summed E-state index contributed by atoms with van der Waals surface area (Å²) in [5, 5.41) is 30.2. The van der Waals surface area contributed by atoms with Crippen molar-refractivity contribution in [3.05, 3.63) is 92.5 Å². The predicted molar refractivity (Wildman–Crippen MR) is 109 cm³/mol. The Morgan fingerprint density at radius 3 is 2.39 bits per heavy atom. The van der Waals surface area contributed by atoms with E-state index in [0.717, 1.165) is 11.1 Å². The molecule has 0 aliphatic heterocycles. The summed E-state index contributed by atoms with van der Waals surface area (Å²) in [6.45, 7) is 3.89. The third kappa shape index (κ3) is 4.18. The molecule has 7 heteroatoms. The van der Waals surface area contributed by atoms with Crippen LogP contribution in [0.4, 0.5) is 17.1 Å². The molecular weight excluding hydrogens is 378 g/mol. The maximum Gasteiger partial charge on any atom is 0.298 e. The van der Waals surface area contributed by atoms with Crippen molar-refractivity contribution in [1.82, 2.24) is 0 Å². The second kappa shape index (κ2) is 8.19. The highest BCUT2D eigenvalue weighted by Gasteiger charge is 2.18. The van der Waals surface area contributed by atoms with Gasteiger partial charge >= 0.3 is 0 Å². The number of hydrogen-bond acceptors (Lipinski definition) is 5. The molecule has 6 nitrogen and oxygen atoms in total. The zero-order chi connectivity index (χ0) is 20.3. The summed E-state index contributed by atoms with van der Waals surface area (Å²) in [5.74, 6) is -0.0535. The van der Waals surface area contributed by atoms with Crippen molar-refractivity contribution in [2.24, 2.45) is 10.2 Å². The van der Waals surface area contributed by atoms with Crippen molar-refractivity contribution in [1.29, 1.82) is 0 Å². The molecule has 28 heavy (non-hydrogen) atoms. The summed E-state index contributed by atoms with van der Waals surface area (Å²) in [6, 6.07) is 17.5. The minimum atomic E-state index is -0.570. The lowest BCUT2D eigenvalue weighted by Gasteiger charge is -2.16. The summed E-state index contributed by atoms with van der Waals surface area (Å²) in [6.07, 6.45) is 0. The number of hydrogen-bond donors (Lipinski definition) is 1. The lowest BCUT2D eigenvalue weighted by Crippen LogP contribution is -1.97. The highest BCUT2D eigenvalue weighted by molar-refractivity contribution is 6.30. The summed E-state index contributed by atoms with van der Waals surface area (Å²) >= 11 is 5.82. The number of benzene rings is 3. The third-order valence-electron chi connectivity index (χ3n) is 4.43. The lowest BCUT2D eigenvalue weighted by molar-refractivity contribution is -0.384. The normalized spacial score (nSPS) is 12.2. The van der Waals surface area contributed by atoms with Gasteiger partial charge in [0.2, 0.25) is 0 Å². The Kier molecular flexibility index (Phi) is 5.70. The van der Waals surface area contributed by atoms with Crippen LogP contribution in [0.5, 0.6) is 5.75 Å². The average molecular weight is 396 g/mol. The summed E-state index contributed by atoms with van der Waals surface area (Å²) in [4.78, 5) is 10.6.